The van der Waals surface area contributed by atoms with Crippen LogP contribution in [0.4, 0.5) is 0 Å². The van der Waals surface area contributed by atoms with Crippen molar-refractivity contribution in [2.24, 2.45) is 5.73 Å². The van der Waals surface area contributed by atoms with Gasteiger partial charge in [0.15, 0.2) is 0 Å². The van der Waals surface area contributed by atoms with Gasteiger partial charge in [0.05, 0.1) is 6.61 Å². The number of hydrogen-bond acceptors (Lipinski definition) is 3. The minimum Gasteiger partial charge on any atom is -0.480 e. The fourth-order valence-corrected chi connectivity index (χ4v) is 1.38. The number of carboxylic acids is 1. The van der Waals surface area contributed by atoms with E-state index >= 15 is 0 Å². The molecule has 0 aromatic heterocycles. The van der Waals surface area contributed by atoms with E-state index in [4.69, 9.17) is 15.6 Å². The van der Waals surface area contributed by atoms with Crippen LogP contribution < -0.4 is 5.73 Å². The standard InChI is InChI=1S/C11H15NO3/c1-15-7-9-5-3-2-4-8(9)6-10(12)11(13)14/h2-5,10H,6-7,12H2,1H3,(H,13,14)/t10-/m0/s1. The van der Waals surface area contributed by atoms with E-state index in [2.05, 4.69) is 0 Å². The first kappa shape index (κ1) is 11.7. The average Bonchev–Trinajstić information content (AvgIpc) is 2.21. The molecule has 0 saturated carbocycles. The number of carboxylic acid groups (broad SMARTS) is 1. The Morgan fingerprint density at radius 2 is 2.07 bits per heavy atom. The lowest BCUT2D eigenvalue weighted by atomic mass is 10.0. The number of carbonyl (C=O) groups is 1. The molecular formula is C11H15NO3. The Labute approximate surface area is 88.7 Å². The molecule has 3 N–H and O–H groups in total. The lowest BCUT2D eigenvalue weighted by molar-refractivity contribution is -0.138. The lowest BCUT2D eigenvalue weighted by Gasteiger charge is -2.11. The Balaban J connectivity index is 2.79. The molecule has 0 radical (unpaired) electrons. The van der Waals surface area contributed by atoms with E-state index in [0.717, 1.165) is 11.1 Å². The van der Waals surface area contributed by atoms with Gasteiger partial charge in [0.2, 0.25) is 0 Å². The summed E-state index contributed by atoms with van der Waals surface area (Å²) in [6.45, 7) is 0.475. The third kappa shape index (κ3) is 3.34. The summed E-state index contributed by atoms with van der Waals surface area (Å²) in [5, 5.41) is 8.71. The summed E-state index contributed by atoms with van der Waals surface area (Å²) in [7, 11) is 1.61. The van der Waals surface area contributed by atoms with Crippen molar-refractivity contribution in [3.05, 3.63) is 35.4 Å². The quantitative estimate of drug-likeness (QED) is 0.752. The molecule has 0 saturated heterocycles. The summed E-state index contributed by atoms with van der Waals surface area (Å²) in [5.74, 6) is -0.984. The first-order valence-corrected chi connectivity index (χ1v) is 4.69. The molecule has 1 atom stereocenters. The summed E-state index contributed by atoms with van der Waals surface area (Å²) in [4.78, 5) is 10.6. The molecule has 4 heteroatoms. The number of hydrogen-bond donors (Lipinski definition) is 2. The summed E-state index contributed by atoms with van der Waals surface area (Å²) >= 11 is 0. The van der Waals surface area contributed by atoms with Crippen molar-refractivity contribution in [2.75, 3.05) is 7.11 Å². The first-order valence-electron chi connectivity index (χ1n) is 4.69. The molecule has 0 bridgehead atoms. The van der Waals surface area contributed by atoms with Gasteiger partial charge in [-0.2, -0.15) is 0 Å². The summed E-state index contributed by atoms with van der Waals surface area (Å²) in [6, 6.07) is 6.68. The maximum Gasteiger partial charge on any atom is 0.320 e. The van der Waals surface area contributed by atoms with Crippen LogP contribution in [0, 0.1) is 0 Å². The van der Waals surface area contributed by atoms with Crippen LogP contribution >= 0.6 is 0 Å². The highest BCUT2D eigenvalue weighted by atomic mass is 16.5. The van der Waals surface area contributed by atoms with Gasteiger partial charge in [-0.15, -0.1) is 0 Å². The Kier molecular flexibility index (Phi) is 4.27. The van der Waals surface area contributed by atoms with Crippen molar-refractivity contribution in [1.29, 1.82) is 0 Å². The Morgan fingerprint density at radius 3 is 2.60 bits per heavy atom. The number of nitrogens with two attached hydrogens (primary N) is 1. The molecule has 1 aromatic carbocycles. The zero-order valence-corrected chi connectivity index (χ0v) is 8.64. The molecule has 1 rings (SSSR count). The Morgan fingerprint density at radius 1 is 1.47 bits per heavy atom. The van der Waals surface area contributed by atoms with E-state index in [-0.39, 0.29) is 0 Å². The van der Waals surface area contributed by atoms with Crippen molar-refractivity contribution in [3.63, 3.8) is 0 Å². The van der Waals surface area contributed by atoms with Gasteiger partial charge in [-0.1, -0.05) is 24.3 Å². The summed E-state index contributed by atoms with van der Waals surface area (Å²) in [5.41, 5.74) is 7.38. The lowest BCUT2D eigenvalue weighted by Crippen LogP contribution is -2.32. The van der Waals surface area contributed by atoms with E-state index in [1.807, 2.05) is 24.3 Å². The Hall–Kier alpha value is -1.39. The first-order chi connectivity index (χ1) is 7.15. The molecular weight excluding hydrogens is 194 g/mol. The van der Waals surface area contributed by atoms with Crippen LogP contribution in [0.2, 0.25) is 0 Å². The van der Waals surface area contributed by atoms with E-state index in [0.29, 0.717) is 13.0 Å². The highest BCUT2D eigenvalue weighted by Gasteiger charge is 2.13. The molecule has 0 aliphatic rings. The minimum absolute atomic E-state index is 0.328. The fourth-order valence-electron chi connectivity index (χ4n) is 1.38. The molecule has 0 amide bonds. The number of benzene rings is 1. The Bertz CT molecular complexity index is 338. The van der Waals surface area contributed by atoms with E-state index in [1.165, 1.54) is 0 Å². The van der Waals surface area contributed by atoms with Gasteiger partial charge in [-0.05, 0) is 17.5 Å². The third-order valence-corrected chi connectivity index (χ3v) is 2.18. The molecule has 0 spiro atoms. The van der Waals surface area contributed by atoms with Crippen molar-refractivity contribution >= 4 is 5.97 Å². The van der Waals surface area contributed by atoms with Crippen LogP contribution in [0.25, 0.3) is 0 Å². The fraction of sp³-hybridized carbons (Fsp3) is 0.364. The van der Waals surface area contributed by atoms with Crippen molar-refractivity contribution in [1.82, 2.24) is 0 Å². The van der Waals surface area contributed by atoms with Crippen LogP contribution in [-0.2, 0) is 22.6 Å². The largest absolute Gasteiger partial charge is 0.480 e. The average molecular weight is 209 g/mol. The van der Waals surface area contributed by atoms with Crippen LogP contribution in [-0.4, -0.2) is 24.2 Å². The van der Waals surface area contributed by atoms with Crippen molar-refractivity contribution < 1.29 is 14.6 Å². The van der Waals surface area contributed by atoms with Crippen LogP contribution in [0.15, 0.2) is 24.3 Å². The minimum atomic E-state index is -0.984. The van der Waals surface area contributed by atoms with Gasteiger partial charge in [-0.3, -0.25) is 4.79 Å². The second kappa shape index (κ2) is 5.48. The monoisotopic (exact) mass is 209 g/mol. The molecule has 15 heavy (non-hydrogen) atoms. The van der Waals surface area contributed by atoms with Crippen LogP contribution in [0.5, 0.6) is 0 Å². The maximum absolute atomic E-state index is 10.6. The molecule has 0 aliphatic heterocycles. The van der Waals surface area contributed by atoms with E-state index in [1.54, 1.807) is 7.11 Å². The maximum atomic E-state index is 10.6. The molecule has 4 nitrogen and oxygen atoms in total. The van der Waals surface area contributed by atoms with Crippen LogP contribution in [0.1, 0.15) is 11.1 Å². The number of aliphatic carboxylic acids is 1. The van der Waals surface area contributed by atoms with Gasteiger partial charge in [0.25, 0.3) is 0 Å². The predicted octanol–water partition coefficient (Wildman–Crippen LogP) is 0.787. The van der Waals surface area contributed by atoms with Gasteiger partial charge in [0, 0.05) is 7.11 Å². The normalized spacial score (nSPS) is 12.4. The number of rotatable bonds is 5. The second-order valence-electron chi connectivity index (χ2n) is 3.35. The summed E-state index contributed by atoms with van der Waals surface area (Å²) < 4.78 is 5.02. The number of methoxy groups -OCH3 is 1. The molecule has 0 unspecified atom stereocenters. The van der Waals surface area contributed by atoms with Gasteiger partial charge in [0.1, 0.15) is 6.04 Å². The zero-order chi connectivity index (χ0) is 11.3. The topological polar surface area (TPSA) is 72.5 Å². The van der Waals surface area contributed by atoms with E-state index in [9.17, 15) is 4.79 Å². The van der Waals surface area contributed by atoms with Gasteiger partial charge >= 0.3 is 5.97 Å². The van der Waals surface area contributed by atoms with Crippen molar-refractivity contribution in [2.45, 2.75) is 19.1 Å². The third-order valence-electron chi connectivity index (χ3n) is 2.18. The highest BCUT2D eigenvalue weighted by molar-refractivity contribution is 5.73. The smallest absolute Gasteiger partial charge is 0.320 e. The van der Waals surface area contributed by atoms with Gasteiger partial charge < -0.3 is 15.6 Å². The predicted molar refractivity (Wildman–Crippen MR) is 56.5 cm³/mol. The van der Waals surface area contributed by atoms with E-state index < -0.39 is 12.0 Å². The second-order valence-corrected chi connectivity index (χ2v) is 3.35. The summed E-state index contributed by atoms with van der Waals surface area (Å²) in [6.07, 6.45) is 0.328. The van der Waals surface area contributed by atoms with Crippen LogP contribution in [0.3, 0.4) is 0 Å². The molecule has 0 fully saturated rings. The number of ether oxygens (including phenoxy) is 1. The molecule has 0 aliphatic carbocycles. The molecule has 1 aromatic rings. The molecule has 82 valence electrons. The zero-order valence-electron chi connectivity index (χ0n) is 8.64. The molecule has 0 heterocycles. The van der Waals surface area contributed by atoms with Crippen molar-refractivity contribution in [3.8, 4) is 0 Å². The van der Waals surface area contributed by atoms with Gasteiger partial charge in [-0.25, -0.2) is 0 Å². The SMILES string of the molecule is COCc1ccccc1C[C@H](N)C(=O)O. The highest BCUT2D eigenvalue weighted by Crippen LogP contribution is 2.11.